The van der Waals surface area contributed by atoms with E-state index in [2.05, 4.69) is 0 Å². The van der Waals surface area contributed by atoms with E-state index in [0.717, 1.165) is 0 Å². The Kier molecular flexibility index (Phi) is 8.39. The van der Waals surface area contributed by atoms with Crippen molar-refractivity contribution in [3.8, 4) is 0 Å². The lowest BCUT2D eigenvalue weighted by Crippen LogP contribution is -2.25. The van der Waals surface area contributed by atoms with Crippen molar-refractivity contribution < 1.29 is 4.79 Å². The van der Waals surface area contributed by atoms with Gasteiger partial charge in [-0.1, -0.05) is 0 Å². The number of nitrogens with one attached hydrogen (secondary N) is 1. The second kappa shape index (κ2) is 6.76. The number of hydrogen-bond acceptors (Lipinski definition) is 3. The first kappa shape index (κ1) is 13.6. The largest absolute Gasteiger partial charge is 0.368 e. The Morgan fingerprint density at radius 1 is 1.82 bits per heavy atom. The standard InChI is InChI=1S/C5H9ClN2OS.ClH/c1-3(7)10-2-4(6)5(8)9;/h4,7H,2H2,1H3,(H2,8,9);1H. The van der Waals surface area contributed by atoms with Crippen LogP contribution >= 0.6 is 35.8 Å². The lowest BCUT2D eigenvalue weighted by Gasteiger charge is -2.01. The summed E-state index contributed by atoms with van der Waals surface area (Å²) < 4.78 is 0. The van der Waals surface area contributed by atoms with E-state index >= 15 is 0 Å². The molecule has 1 atom stereocenters. The summed E-state index contributed by atoms with van der Waals surface area (Å²) in [5.41, 5.74) is 4.87. The van der Waals surface area contributed by atoms with Gasteiger partial charge in [0.15, 0.2) is 0 Å². The van der Waals surface area contributed by atoms with Crippen LogP contribution in [0.2, 0.25) is 0 Å². The second-order valence-corrected chi connectivity index (χ2v) is 3.50. The third-order valence-electron chi connectivity index (χ3n) is 0.755. The maximum Gasteiger partial charge on any atom is 0.236 e. The fourth-order valence-corrected chi connectivity index (χ4v) is 1.03. The Morgan fingerprint density at radius 2 is 2.27 bits per heavy atom. The predicted molar refractivity (Wildman–Crippen MR) is 51.9 cm³/mol. The van der Waals surface area contributed by atoms with Gasteiger partial charge >= 0.3 is 0 Å². The Balaban J connectivity index is 0. The average Bonchev–Trinajstić information content (AvgIpc) is 1.82. The van der Waals surface area contributed by atoms with Gasteiger partial charge < -0.3 is 5.73 Å². The highest BCUT2D eigenvalue weighted by Crippen LogP contribution is 2.07. The number of carbonyl (C=O) groups is 1. The molecule has 0 aromatic heterocycles. The first-order valence-electron chi connectivity index (χ1n) is 2.65. The van der Waals surface area contributed by atoms with Crippen molar-refractivity contribution in [2.24, 2.45) is 5.73 Å². The molecule has 0 saturated carbocycles. The van der Waals surface area contributed by atoms with E-state index in [-0.39, 0.29) is 12.4 Å². The molecular formula is C5H10Cl2N2OS. The number of nitrogens with two attached hydrogens (primary N) is 1. The quantitative estimate of drug-likeness (QED) is 0.424. The van der Waals surface area contributed by atoms with Gasteiger partial charge in [0.05, 0.1) is 5.04 Å². The van der Waals surface area contributed by atoms with Crippen molar-refractivity contribution in [2.45, 2.75) is 12.3 Å². The van der Waals surface area contributed by atoms with Gasteiger partial charge in [-0.05, 0) is 6.92 Å². The van der Waals surface area contributed by atoms with Crippen LogP contribution in [-0.2, 0) is 4.79 Å². The molecule has 0 aliphatic heterocycles. The van der Waals surface area contributed by atoms with Crippen molar-refractivity contribution >= 4 is 46.7 Å². The van der Waals surface area contributed by atoms with Crippen LogP contribution in [0, 0.1) is 5.41 Å². The maximum atomic E-state index is 10.3. The molecule has 3 N–H and O–H groups in total. The molecule has 0 aliphatic carbocycles. The molecule has 0 aromatic rings. The highest BCUT2D eigenvalue weighted by Gasteiger charge is 2.10. The van der Waals surface area contributed by atoms with Crippen LogP contribution in [0.4, 0.5) is 0 Å². The van der Waals surface area contributed by atoms with Gasteiger partial charge in [-0.15, -0.1) is 35.8 Å². The third-order valence-corrected chi connectivity index (χ3v) is 2.24. The second-order valence-electron chi connectivity index (χ2n) is 1.74. The number of hydrogen-bond donors (Lipinski definition) is 2. The van der Waals surface area contributed by atoms with Crippen LogP contribution in [0.25, 0.3) is 0 Å². The molecule has 0 saturated heterocycles. The summed E-state index contributed by atoms with van der Waals surface area (Å²) >= 11 is 6.69. The molecule has 11 heavy (non-hydrogen) atoms. The summed E-state index contributed by atoms with van der Waals surface area (Å²) in [5, 5.41) is 6.76. The highest BCUT2D eigenvalue weighted by atomic mass is 35.5. The fourth-order valence-electron chi connectivity index (χ4n) is 0.280. The summed E-state index contributed by atoms with van der Waals surface area (Å²) in [6.45, 7) is 1.63. The topological polar surface area (TPSA) is 66.9 Å². The molecule has 0 aromatic carbocycles. The summed E-state index contributed by atoms with van der Waals surface area (Å²) in [5.74, 6) is -0.151. The van der Waals surface area contributed by atoms with Crippen molar-refractivity contribution in [2.75, 3.05) is 5.75 Å². The minimum atomic E-state index is -0.662. The first-order valence-corrected chi connectivity index (χ1v) is 4.07. The van der Waals surface area contributed by atoms with Gasteiger partial charge in [-0.2, -0.15) is 0 Å². The van der Waals surface area contributed by atoms with Crippen LogP contribution in [0.3, 0.4) is 0 Å². The normalized spacial score (nSPS) is 11.5. The van der Waals surface area contributed by atoms with Gasteiger partial charge in [0, 0.05) is 5.75 Å². The third kappa shape index (κ3) is 7.97. The van der Waals surface area contributed by atoms with Gasteiger partial charge in [-0.3, -0.25) is 10.2 Å². The smallest absolute Gasteiger partial charge is 0.236 e. The van der Waals surface area contributed by atoms with E-state index in [1.807, 2.05) is 0 Å². The zero-order chi connectivity index (χ0) is 8.15. The average molecular weight is 217 g/mol. The van der Waals surface area contributed by atoms with Crippen molar-refractivity contribution in [1.82, 2.24) is 0 Å². The molecule has 0 spiro atoms. The minimum absolute atomic E-state index is 0. The number of amides is 1. The molecule has 1 amide bonds. The lowest BCUT2D eigenvalue weighted by molar-refractivity contribution is -0.117. The molecular weight excluding hydrogens is 207 g/mol. The molecule has 1 unspecified atom stereocenters. The van der Waals surface area contributed by atoms with E-state index in [0.29, 0.717) is 10.8 Å². The van der Waals surface area contributed by atoms with E-state index in [9.17, 15) is 4.79 Å². The molecule has 0 radical (unpaired) electrons. The number of halogens is 2. The zero-order valence-electron chi connectivity index (χ0n) is 5.96. The Bertz CT molecular complexity index is 153. The molecule has 0 fully saturated rings. The van der Waals surface area contributed by atoms with Crippen LogP contribution < -0.4 is 5.73 Å². The predicted octanol–water partition coefficient (Wildman–Crippen LogP) is 1.23. The molecule has 0 heterocycles. The van der Waals surface area contributed by atoms with Gasteiger partial charge in [0.1, 0.15) is 5.38 Å². The maximum absolute atomic E-state index is 10.3. The Labute approximate surface area is 81.0 Å². The molecule has 0 aliphatic rings. The van der Waals surface area contributed by atoms with Crippen molar-refractivity contribution in [1.29, 1.82) is 5.41 Å². The monoisotopic (exact) mass is 216 g/mol. The summed E-state index contributed by atoms with van der Waals surface area (Å²) in [6, 6.07) is 0. The SMILES string of the molecule is CC(=N)SCC(Cl)C(N)=O.Cl. The number of primary amides is 1. The Hall–Kier alpha value is 0.0700. The van der Waals surface area contributed by atoms with Crippen molar-refractivity contribution in [3.05, 3.63) is 0 Å². The number of carbonyl (C=O) groups excluding carboxylic acids is 1. The summed E-state index contributed by atoms with van der Waals surface area (Å²) in [4.78, 5) is 10.3. The van der Waals surface area contributed by atoms with E-state index in [1.54, 1.807) is 6.92 Å². The van der Waals surface area contributed by atoms with Gasteiger partial charge in [0.25, 0.3) is 0 Å². The highest BCUT2D eigenvalue weighted by molar-refractivity contribution is 8.13. The summed E-state index contributed by atoms with van der Waals surface area (Å²) in [7, 11) is 0. The summed E-state index contributed by atoms with van der Waals surface area (Å²) in [6.07, 6.45) is 0. The zero-order valence-corrected chi connectivity index (χ0v) is 8.35. The van der Waals surface area contributed by atoms with Crippen LogP contribution in [0.15, 0.2) is 0 Å². The lowest BCUT2D eigenvalue weighted by atomic mass is 10.5. The molecule has 66 valence electrons. The number of thioether (sulfide) groups is 1. The Morgan fingerprint density at radius 3 is 2.55 bits per heavy atom. The van der Waals surface area contributed by atoms with Crippen LogP contribution in [0.1, 0.15) is 6.92 Å². The van der Waals surface area contributed by atoms with E-state index in [1.165, 1.54) is 11.8 Å². The number of alkyl halides is 1. The van der Waals surface area contributed by atoms with E-state index < -0.39 is 11.3 Å². The molecule has 0 bridgehead atoms. The minimum Gasteiger partial charge on any atom is -0.368 e. The van der Waals surface area contributed by atoms with Gasteiger partial charge in [-0.25, -0.2) is 0 Å². The molecule has 0 rings (SSSR count). The van der Waals surface area contributed by atoms with Gasteiger partial charge in [0.2, 0.25) is 5.91 Å². The van der Waals surface area contributed by atoms with Crippen molar-refractivity contribution in [3.63, 3.8) is 0 Å². The fraction of sp³-hybridized carbons (Fsp3) is 0.600. The van der Waals surface area contributed by atoms with Crippen LogP contribution in [-0.4, -0.2) is 22.1 Å². The van der Waals surface area contributed by atoms with E-state index in [4.69, 9.17) is 22.7 Å². The molecule has 3 nitrogen and oxygen atoms in total. The first-order chi connectivity index (χ1) is 4.54. The molecule has 6 heteroatoms. The van der Waals surface area contributed by atoms with Crippen LogP contribution in [0.5, 0.6) is 0 Å². The number of rotatable bonds is 3.